The molecule has 1 aromatic carbocycles. The largest absolute Gasteiger partial charge is 0.493 e. The Labute approximate surface area is 139 Å². The second-order valence-corrected chi connectivity index (χ2v) is 5.74. The van der Waals surface area contributed by atoms with Gasteiger partial charge in [-0.05, 0) is 31.4 Å². The fourth-order valence-corrected chi connectivity index (χ4v) is 2.89. The number of amides is 1. The highest BCUT2D eigenvalue weighted by Crippen LogP contribution is 2.37. The van der Waals surface area contributed by atoms with Crippen molar-refractivity contribution in [3.05, 3.63) is 22.7 Å². The summed E-state index contributed by atoms with van der Waals surface area (Å²) in [5, 5.41) is 9.48. The number of carboxylic acids is 1. The standard InChI is InChI=1S/C16H20ClNO5/c1-3-7-23-14-11(17)8-10(9-13(14)22-2)15(19)18-6-4-5-12(18)16(20)21/h8-9,12H,3-7H2,1-2H3,(H,20,21). The lowest BCUT2D eigenvalue weighted by atomic mass is 10.1. The van der Waals surface area contributed by atoms with Crippen LogP contribution in [0.4, 0.5) is 0 Å². The Morgan fingerprint density at radius 1 is 1.43 bits per heavy atom. The quantitative estimate of drug-likeness (QED) is 0.861. The van der Waals surface area contributed by atoms with Gasteiger partial charge in [-0.2, -0.15) is 0 Å². The van der Waals surface area contributed by atoms with Crippen LogP contribution >= 0.6 is 11.6 Å². The van der Waals surface area contributed by atoms with Crippen molar-refractivity contribution in [1.29, 1.82) is 0 Å². The van der Waals surface area contributed by atoms with Crippen LogP contribution in [-0.4, -0.2) is 48.2 Å². The second-order valence-electron chi connectivity index (χ2n) is 5.33. The highest BCUT2D eigenvalue weighted by molar-refractivity contribution is 6.32. The summed E-state index contributed by atoms with van der Waals surface area (Å²) in [6.07, 6.45) is 1.95. The summed E-state index contributed by atoms with van der Waals surface area (Å²) in [6, 6.07) is 2.24. The third-order valence-electron chi connectivity index (χ3n) is 3.73. The molecule has 1 unspecified atom stereocenters. The van der Waals surface area contributed by atoms with Crippen LogP contribution in [0.2, 0.25) is 5.02 Å². The predicted octanol–water partition coefficient (Wildman–Crippen LogP) is 2.83. The van der Waals surface area contributed by atoms with Gasteiger partial charge < -0.3 is 19.5 Å². The van der Waals surface area contributed by atoms with Gasteiger partial charge in [-0.3, -0.25) is 4.79 Å². The number of rotatable bonds is 6. The molecule has 6 nitrogen and oxygen atoms in total. The maximum absolute atomic E-state index is 12.6. The number of benzene rings is 1. The first-order chi connectivity index (χ1) is 11.0. The average molecular weight is 342 g/mol. The van der Waals surface area contributed by atoms with Crippen molar-refractivity contribution in [1.82, 2.24) is 4.90 Å². The summed E-state index contributed by atoms with van der Waals surface area (Å²) >= 11 is 6.21. The number of nitrogens with zero attached hydrogens (tertiary/aromatic N) is 1. The SMILES string of the molecule is CCCOc1c(Cl)cc(C(=O)N2CCCC2C(=O)O)cc1OC. The van der Waals surface area contributed by atoms with Gasteiger partial charge in [0, 0.05) is 12.1 Å². The topological polar surface area (TPSA) is 76.1 Å². The Morgan fingerprint density at radius 3 is 2.78 bits per heavy atom. The number of likely N-dealkylation sites (tertiary alicyclic amines) is 1. The molecule has 0 radical (unpaired) electrons. The Hall–Kier alpha value is -1.95. The average Bonchev–Trinajstić information content (AvgIpc) is 3.02. The van der Waals surface area contributed by atoms with E-state index in [0.717, 1.165) is 6.42 Å². The second kappa shape index (κ2) is 7.55. The maximum atomic E-state index is 12.6. The zero-order chi connectivity index (χ0) is 17.0. The predicted molar refractivity (Wildman–Crippen MR) is 85.5 cm³/mol. The van der Waals surface area contributed by atoms with Gasteiger partial charge >= 0.3 is 5.97 Å². The monoisotopic (exact) mass is 341 g/mol. The van der Waals surface area contributed by atoms with E-state index in [1.807, 2.05) is 6.92 Å². The van der Waals surface area contributed by atoms with Crippen LogP contribution in [0.15, 0.2) is 12.1 Å². The van der Waals surface area contributed by atoms with E-state index >= 15 is 0 Å². The van der Waals surface area contributed by atoms with Crippen LogP contribution in [0.25, 0.3) is 0 Å². The Balaban J connectivity index is 2.30. The number of carbonyl (C=O) groups is 2. The summed E-state index contributed by atoms with van der Waals surface area (Å²) in [5.41, 5.74) is 0.295. The molecule has 1 aliphatic rings. The zero-order valence-electron chi connectivity index (χ0n) is 13.2. The molecule has 1 saturated heterocycles. The van der Waals surface area contributed by atoms with Crippen molar-refractivity contribution < 1.29 is 24.2 Å². The molecular weight excluding hydrogens is 322 g/mol. The molecule has 1 atom stereocenters. The number of carbonyl (C=O) groups excluding carboxylic acids is 1. The maximum Gasteiger partial charge on any atom is 0.326 e. The summed E-state index contributed by atoms with van der Waals surface area (Å²) in [5.74, 6) is -0.599. The van der Waals surface area contributed by atoms with Gasteiger partial charge in [0.25, 0.3) is 5.91 Å². The van der Waals surface area contributed by atoms with E-state index in [1.54, 1.807) is 0 Å². The Morgan fingerprint density at radius 2 is 2.17 bits per heavy atom. The van der Waals surface area contributed by atoms with Crippen LogP contribution in [-0.2, 0) is 4.79 Å². The molecule has 0 bridgehead atoms. The molecule has 7 heteroatoms. The highest BCUT2D eigenvalue weighted by atomic mass is 35.5. The first-order valence-corrected chi connectivity index (χ1v) is 7.91. The summed E-state index contributed by atoms with van der Waals surface area (Å²) < 4.78 is 10.8. The van der Waals surface area contributed by atoms with E-state index in [2.05, 4.69) is 0 Å². The van der Waals surface area contributed by atoms with Gasteiger partial charge in [0.05, 0.1) is 18.7 Å². The molecule has 2 rings (SSSR count). The molecule has 1 N–H and O–H groups in total. The van der Waals surface area contributed by atoms with Crippen LogP contribution < -0.4 is 9.47 Å². The lowest BCUT2D eigenvalue weighted by Crippen LogP contribution is -2.40. The zero-order valence-corrected chi connectivity index (χ0v) is 13.9. The number of aliphatic carboxylic acids is 1. The fraction of sp³-hybridized carbons (Fsp3) is 0.500. The fourth-order valence-electron chi connectivity index (χ4n) is 2.62. The van der Waals surface area contributed by atoms with Gasteiger partial charge in [-0.25, -0.2) is 4.79 Å². The molecule has 0 saturated carbocycles. The third kappa shape index (κ3) is 3.69. The van der Waals surface area contributed by atoms with Crippen molar-refractivity contribution in [2.24, 2.45) is 0 Å². The van der Waals surface area contributed by atoms with Crippen molar-refractivity contribution in [2.75, 3.05) is 20.3 Å². The van der Waals surface area contributed by atoms with E-state index in [4.69, 9.17) is 21.1 Å². The molecule has 0 aromatic heterocycles. The highest BCUT2D eigenvalue weighted by Gasteiger charge is 2.35. The van der Waals surface area contributed by atoms with E-state index in [0.29, 0.717) is 43.1 Å². The van der Waals surface area contributed by atoms with Crippen LogP contribution in [0.1, 0.15) is 36.5 Å². The van der Waals surface area contributed by atoms with Gasteiger partial charge in [0.1, 0.15) is 6.04 Å². The van der Waals surface area contributed by atoms with Crippen molar-refractivity contribution >= 4 is 23.5 Å². The summed E-state index contributed by atoms with van der Waals surface area (Å²) in [7, 11) is 1.47. The van der Waals surface area contributed by atoms with Gasteiger partial charge in [0.2, 0.25) is 0 Å². The molecule has 1 amide bonds. The number of hydrogen-bond acceptors (Lipinski definition) is 4. The third-order valence-corrected chi connectivity index (χ3v) is 4.01. The first kappa shape index (κ1) is 17.4. The first-order valence-electron chi connectivity index (χ1n) is 7.53. The van der Waals surface area contributed by atoms with Crippen molar-refractivity contribution in [3.63, 3.8) is 0 Å². The normalized spacial score (nSPS) is 17.2. The van der Waals surface area contributed by atoms with Crippen LogP contribution in [0.5, 0.6) is 11.5 Å². The van der Waals surface area contributed by atoms with Crippen molar-refractivity contribution in [2.45, 2.75) is 32.2 Å². The van der Waals surface area contributed by atoms with Crippen molar-refractivity contribution in [3.8, 4) is 11.5 Å². The summed E-state index contributed by atoms with van der Waals surface area (Å²) in [4.78, 5) is 25.2. The smallest absolute Gasteiger partial charge is 0.326 e. The van der Waals surface area contributed by atoms with Crippen LogP contribution in [0, 0.1) is 0 Å². The number of hydrogen-bond donors (Lipinski definition) is 1. The number of carboxylic acid groups (broad SMARTS) is 1. The molecule has 1 fully saturated rings. The Bertz CT molecular complexity index is 604. The van der Waals surface area contributed by atoms with E-state index in [1.165, 1.54) is 24.1 Å². The molecule has 1 aromatic rings. The van der Waals surface area contributed by atoms with Gasteiger partial charge in [0.15, 0.2) is 11.5 Å². The lowest BCUT2D eigenvalue weighted by Gasteiger charge is -2.22. The van der Waals surface area contributed by atoms with E-state index < -0.39 is 12.0 Å². The molecule has 23 heavy (non-hydrogen) atoms. The molecular formula is C16H20ClNO5. The Kier molecular flexibility index (Phi) is 5.71. The number of halogens is 1. The molecule has 1 aliphatic heterocycles. The van der Waals surface area contributed by atoms with Gasteiger partial charge in [-0.15, -0.1) is 0 Å². The lowest BCUT2D eigenvalue weighted by molar-refractivity contribution is -0.141. The minimum absolute atomic E-state index is 0.271. The summed E-state index contributed by atoms with van der Waals surface area (Å²) in [6.45, 7) is 2.87. The van der Waals surface area contributed by atoms with Gasteiger partial charge in [-0.1, -0.05) is 18.5 Å². The van der Waals surface area contributed by atoms with Crippen LogP contribution in [0.3, 0.4) is 0 Å². The number of ether oxygens (including phenoxy) is 2. The van der Waals surface area contributed by atoms with E-state index in [9.17, 15) is 14.7 Å². The molecule has 0 aliphatic carbocycles. The molecule has 126 valence electrons. The number of methoxy groups -OCH3 is 1. The van der Waals surface area contributed by atoms with E-state index in [-0.39, 0.29) is 10.9 Å². The minimum atomic E-state index is -0.989. The molecule has 0 spiro atoms. The minimum Gasteiger partial charge on any atom is -0.493 e. The molecule has 1 heterocycles.